The predicted octanol–water partition coefficient (Wildman–Crippen LogP) is 5.55. The highest BCUT2D eigenvalue weighted by atomic mass is 79.9. The van der Waals surface area contributed by atoms with Crippen molar-refractivity contribution < 1.29 is 14.6 Å². The lowest BCUT2D eigenvalue weighted by Gasteiger charge is -2.28. The third kappa shape index (κ3) is 3.85. The lowest BCUT2D eigenvalue weighted by atomic mass is 9.93. The third-order valence-electron chi connectivity index (χ3n) is 5.39. The molecule has 1 heterocycles. The fraction of sp³-hybridized carbons (Fsp3) is 0.160. The second kappa shape index (κ2) is 8.76. The van der Waals surface area contributed by atoms with Gasteiger partial charge in [0.15, 0.2) is 5.76 Å². The van der Waals surface area contributed by atoms with Gasteiger partial charge in [0, 0.05) is 16.6 Å². The largest absolute Gasteiger partial charge is 0.503 e. The third-order valence-corrected chi connectivity index (χ3v) is 6.11. The summed E-state index contributed by atoms with van der Waals surface area (Å²) in [5.74, 6) is 0.174. The number of aliphatic hydroxyl groups excluding tert-OH is 1. The molecule has 4 rings (SSSR count). The van der Waals surface area contributed by atoms with Gasteiger partial charge in [0.2, 0.25) is 0 Å². The van der Waals surface area contributed by atoms with Crippen LogP contribution in [0.15, 0.2) is 89.1 Å². The maximum absolute atomic E-state index is 13.1. The minimum Gasteiger partial charge on any atom is -0.503 e. The highest BCUT2D eigenvalue weighted by Gasteiger charge is 2.41. The van der Waals surface area contributed by atoms with Crippen LogP contribution in [0.4, 0.5) is 0 Å². The quantitative estimate of drug-likeness (QED) is 0.520. The number of rotatable bonds is 6. The van der Waals surface area contributed by atoms with Crippen LogP contribution in [0.3, 0.4) is 0 Å². The number of aliphatic hydroxyl groups is 1. The summed E-state index contributed by atoms with van der Waals surface area (Å²) in [4.78, 5) is 14.9. The number of hydrogen-bond acceptors (Lipinski definition) is 3. The molecule has 0 saturated heterocycles. The molecular weight excluding hydrogens is 442 g/mol. The molecule has 1 aliphatic heterocycles. The highest BCUT2D eigenvalue weighted by Crippen LogP contribution is 2.45. The van der Waals surface area contributed by atoms with E-state index in [1.165, 1.54) is 0 Å². The minimum absolute atomic E-state index is 0.200. The fourth-order valence-corrected chi connectivity index (χ4v) is 4.37. The zero-order valence-electron chi connectivity index (χ0n) is 16.6. The summed E-state index contributed by atoms with van der Waals surface area (Å²) in [5.41, 5.74) is 3.49. The summed E-state index contributed by atoms with van der Waals surface area (Å²) in [7, 11) is 1.61. The lowest BCUT2D eigenvalue weighted by Crippen LogP contribution is -2.32. The van der Waals surface area contributed by atoms with Gasteiger partial charge in [-0.25, -0.2) is 0 Å². The van der Waals surface area contributed by atoms with E-state index in [1.54, 1.807) is 12.0 Å². The molecule has 0 aromatic heterocycles. The van der Waals surface area contributed by atoms with Crippen molar-refractivity contribution in [1.29, 1.82) is 0 Å². The Hall–Kier alpha value is -3.05. The van der Waals surface area contributed by atoms with Gasteiger partial charge in [-0.15, -0.1) is 0 Å². The molecule has 1 N–H and O–H groups in total. The molecule has 3 aromatic rings. The molecule has 1 aliphatic rings. The minimum atomic E-state index is -0.384. The van der Waals surface area contributed by atoms with Gasteiger partial charge in [0.25, 0.3) is 5.91 Å². The van der Waals surface area contributed by atoms with Gasteiger partial charge in [0.05, 0.1) is 13.2 Å². The number of halogens is 1. The number of carbonyl (C=O) groups excluding carboxylic acids is 1. The highest BCUT2D eigenvalue weighted by molar-refractivity contribution is 9.10. The van der Waals surface area contributed by atoms with Crippen LogP contribution in [0.2, 0.25) is 0 Å². The number of hydrogen-bond donors (Lipinski definition) is 1. The number of ether oxygens (including phenoxy) is 1. The Morgan fingerprint density at radius 3 is 2.30 bits per heavy atom. The van der Waals surface area contributed by atoms with E-state index in [1.807, 2.05) is 78.9 Å². The van der Waals surface area contributed by atoms with Crippen molar-refractivity contribution >= 4 is 27.4 Å². The number of benzene rings is 3. The van der Waals surface area contributed by atoms with Gasteiger partial charge in [-0.05, 0) is 41.3 Å². The standard InChI is InChI=1S/C25H22BrNO3/c1-30-19-13-11-18(12-14-19)22-23(20-9-5-6-10-21(20)26)27(25(29)24(22)28)16-15-17-7-3-2-4-8-17/h2-14,23,28H,15-16H2,1H3/t23-/m0/s1. The van der Waals surface area contributed by atoms with E-state index in [-0.39, 0.29) is 17.7 Å². The maximum Gasteiger partial charge on any atom is 0.289 e. The molecule has 0 spiro atoms. The zero-order valence-corrected chi connectivity index (χ0v) is 18.2. The first-order valence-electron chi connectivity index (χ1n) is 9.77. The molecule has 152 valence electrons. The van der Waals surface area contributed by atoms with Crippen molar-refractivity contribution in [1.82, 2.24) is 4.90 Å². The molecule has 3 aromatic carbocycles. The molecule has 1 amide bonds. The lowest BCUT2D eigenvalue weighted by molar-refractivity contribution is -0.129. The van der Waals surface area contributed by atoms with Crippen molar-refractivity contribution in [2.45, 2.75) is 12.5 Å². The summed E-state index contributed by atoms with van der Waals surface area (Å²) < 4.78 is 6.15. The summed E-state index contributed by atoms with van der Waals surface area (Å²) in [6.45, 7) is 0.499. The van der Waals surface area contributed by atoms with E-state index < -0.39 is 0 Å². The van der Waals surface area contributed by atoms with Crippen LogP contribution in [-0.4, -0.2) is 29.6 Å². The smallest absolute Gasteiger partial charge is 0.289 e. The number of nitrogens with zero attached hydrogens (tertiary/aromatic N) is 1. The Morgan fingerprint density at radius 1 is 0.967 bits per heavy atom. The Labute approximate surface area is 184 Å². The number of methoxy groups -OCH3 is 1. The van der Waals surface area contributed by atoms with Gasteiger partial charge in [-0.2, -0.15) is 0 Å². The van der Waals surface area contributed by atoms with Crippen molar-refractivity contribution in [2.75, 3.05) is 13.7 Å². The summed E-state index contributed by atoms with van der Waals surface area (Å²) >= 11 is 3.63. The van der Waals surface area contributed by atoms with Crippen LogP contribution in [0.1, 0.15) is 22.7 Å². The first kappa shape index (κ1) is 20.2. The molecule has 0 bridgehead atoms. The van der Waals surface area contributed by atoms with Gasteiger partial charge >= 0.3 is 0 Å². The van der Waals surface area contributed by atoms with E-state index in [9.17, 15) is 9.90 Å². The zero-order chi connectivity index (χ0) is 21.1. The van der Waals surface area contributed by atoms with Crippen molar-refractivity contribution in [3.8, 4) is 5.75 Å². The second-order valence-electron chi connectivity index (χ2n) is 7.15. The average Bonchev–Trinajstić information content (AvgIpc) is 3.03. The predicted molar refractivity (Wildman–Crippen MR) is 121 cm³/mol. The molecule has 0 saturated carbocycles. The maximum atomic E-state index is 13.1. The summed E-state index contributed by atoms with van der Waals surface area (Å²) in [5, 5.41) is 10.9. The molecule has 4 nitrogen and oxygen atoms in total. The first-order valence-corrected chi connectivity index (χ1v) is 10.6. The molecule has 0 aliphatic carbocycles. The van der Waals surface area contributed by atoms with E-state index >= 15 is 0 Å². The van der Waals surface area contributed by atoms with Crippen LogP contribution < -0.4 is 4.74 Å². The van der Waals surface area contributed by atoms with Crippen LogP contribution in [0.5, 0.6) is 5.75 Å². The van der Waals surface area contributed by atoms with Crippen molar-refractivity contribution in [2.24, 2.45) is 0 Å². The Morgan fingerprint density at radius 2 is 1.63 bits per heavy atom. The first-order chi connectivity index (χ1) is 14.6. The van der Waals surface area contributed by atoms with Crippen LogP contribution >= 0.6 is 15.9 Å². The monoisotopic (exact) mass is 463 g/mol. The molecule has 30 heavy (non-hydrogen) atoms. The SMILES string of the molecule is COc1ccc(C2=C(O)C(=O)N(CCc3ccccc3)[C@H]2c2ccccc2Br)cc1. The Bertz CT molecular complexity index is 1080. The summed E-state index contributed by atoms with van der Waals surface area (Å²) in [6.07, 6.45) is 0.705. The Balaban J connectivity index is 1.75. The molecule has 5 heteroatoms. The van der Waals surface area contributed by atoms with Gasteiger partial charge in [-0.3, -0.25) is 4.79 Å². The van der Waals surface area contributed by atoms with Gasteiger partial charge in [-0.1, -0.05) is 76.6 Å². The van der Waals surface area contributed by atoms with E-state index in [4.69, 9.17) is 4.74 Å². The molecule has 0 unspecified atom stereocenters. The number of carbonyl (C=O) groups is 1. The fourth-order valence-electron chi connectivity index (χ4n) is 3.86. The van der Waals surface area contributed by atoms with Crippen molar-refractivity contribution in [3.63, 3.8) is 0 Å². The number of amides is 1. The molecular formula is C25H22BrNO3. The van der Waals surface area contributed by atoms with E-state index in [0.29, 0.717) is 18.5 Å². The summed E-state index contributed by atoms with van der Waals surface area (Å²) in [6, 6.07) is 24.9. The Kier molecular flexibility index (Phi) is 5.91. The topological polar surface area (TPSA) is 49.8 Å². The van der Waals surface area contributed by atoms with Gasteiger partial charge < -0.3 is 14.7 Å². The normalized spacial score (nSPS) is 16.3. The van der Waals surface area contributed by atoms with Crippen LogP contribution in [0.25, 0.3) is 5.57 Å². The van der Waals surface area contributed by atoms with Gasteiger partial charge in [0.1, 0.15) is 5.75 Å². The van der Waals surface area contributed by atoms with E-state index in [0.717, 1.165) is 26.9 Å². The second-order valence-corrected chi connectivity index (χ2v) is 8.00. The average molecular weight is 464 g/mol. The van der Waals surface area contributed by atoms with Crippen molar-refractivity contribution in [3.05, 3.63) is 106 Å². The van der Waals surface area contributed by atoms with Crippen LogP contribution in [-0.2, 0) is 11.2 Å². The van der Waals surface area contributed by atoms with Crippen LogP contribution in [0, 0.1) is 0 Å². The molecule has 1 atom stereocenters. The molecule has 0 radical (unpaired) electrons. The van der Waals surface area contributed by atoms with E-state index in [2.05, 4.69) is 15.9 Å². The molecule has 0 fully saturated rings.